The highest BCUT2D eigenvalue weighted by atomic mass is 32.1. The van der Waals surface area contributed by atoms with Crippen LogP contribution in [0.15, 0.2) is 6.20 Å². The summed E-state index contributed by atoms with van der Waals surface area (Å²) in [6, 6.07) is 0.184. The topological polar surface area (TPSA) is 88.3 Å². The van der Waals surface area contributed by atoms with Gasteiger partial charge in [0.15, 0.2) is 5.13 Å². The molecule has 1 aliphatic heterocycles. The fourth-order valence-electron chi connectivity index (χ4n) is 1.36. The predicted molar refractivity (Wildman–Crippen MR) is 55.8 cm³/mol. The molecule has 1 aromatic heterocycles. The fourth-order valence-corrected chi connectivity index (χ4v) is 2.15. The van der Waals surface area contributed by atoms with E-state index in [1.165, 1.54) is 17.5 Å². The second-order valence-electron chi connectivity index (χ2n) is 3.26. The lowest BCUT2D eigenvalue weighted by molar-refractivity contribution is -0.110. The molecule has 3 N–H and O–H groups in total. The summed E-state index contributed by atoms with van der Waals surface area (Å²) >= 11 is 1.27. The summed E-state index contributed by atoms with van der Waals surface area (Å²) in [5.41, 5.74) is 5.12. The number of nitrogens with one attached hydrogen (secondary N) is 1. The van der Waals surface area contributed by atoms with E-state index >= 15 is 0 Å². The monoisotopic (exact) mass is 226 g/mol. The van der Waals surface area contributed by atoms with Crippen molar-refractivity contribution in [1.29, 1.82) is 0 Å². The van der Waals surface area contributed by atoms with E-state index in [1.807, 2.05) is 4.90 Å². The fraction of sp³-hybridized carbons (Fsp3) is 0.375. The third kappa shape index (κ3) is 1.91. The first-order valence-corrected chi connectivity index (χ1v) is 5.22. The lowest BCUT2D eigenvalue weighted by Crippen LogP contribution is -2.57. The third-order valence-corrected chi connectivity index (χ3v) is 3.26. The Labute approximate surface area is 90.1 Å². The highest BCUT2D eigenvalue weighted by Crippen LogP contribution is 2.25. The number of amides is 2. The molecule has 2 rings (SSSR count). The van der Waals surface area contributed by atoms with Crippen LogP contribution in [-0.2, 0) is 4.79 Å². The first kappa shape index (κ1) is 9.91. The Balaban J connectivity index is 1.95. The van der Waals surface area contributed by atoms with E-state index < -0.39 is 5.91 Å². The van der Waals surface area contributed by atoms with E-state index in [-0.39, 0.29) is 6.04 Å². The van der Waals surface area contributed by atoms with Gasteiger partial charge in [-0.2, -0.15) is 0 Å². The van der Waals surface area contributed by atoms with Crippen LogP contribution in [0.5, 0.6) is 0 Å². The van der Waals surface area contributed by atoms with Gasteiger partial charge in [0.25, 0.3) is 5.91 Å². The van der Waals surface area contributed by atoms with E-state index in [9.17, 15) is 9.59 Å². The van der Waals surface area contributed by atoms with Crippen molar-refractivity contribution in [2.24, 2.45) is 5.73 Å². The Morgan fingerprint density at radius 2 is 2.47 bits per heavy atom. The van der Waals surface area contributed by atoms with Crippen LogP contribution < -0.4 is 16.0 Å². The summed E-state index contributed by atoms with van der Waals surface area (Å²) in [5.74, 6) is -0.457. The molecule has 6 nitrogen and oxygen atoms in total. The molecule has 0 saturated carbocycles. The molecule has 2 heterocycles. The van der Waals surface area contributed by atoms with Crippen molar-refractivity contribution in [3.63, 3.8) is 0 Å². The molecule has 0 aliphatic carbocycles. The number of thiazole rings is 1. The van der Waals surface area contributed by atoms with Crippen molar-refractivity contribution >= 4 is 28.8 Å². The second kappa shape index (κ2) is 3.85. The van der Waals surface area contributed by atoms with Gasteiger partial charge in [-0.3, -0.25) is 9.59 Å². The minimum Gasteiger partial charge on any atom is -0.365 e. The number of carbonyl (C=O) groups excluding carboxylic acids is 2. The van der Waals surface area contributed by atoms with Gasteiger partial charge in [-0.15, -0.1) is 0 Å². The van der Waals surface area contributed by atoms with Gasteiger partial charge in [0.2, 0.25) is 6.41 Å². The van der Waals surface area contributed by atoms with Gasteiger partial charge >= 0.3 is 0 Å². The molecule has 80 valence electrons. The van der Waals surface area contributed by atoms with Crippen LogP contribution in [0.25, 0.3) is 0 Å². The number of hydrogen-bond donors (Lipinski definition) is 2. The smallest absolute Gasteiger partial charge is 0.260 e. The van der Waals surface area contributed by atoms with Crippen LogP contribution in [0.1, 0.15) is 9.67 Å². The van der Waals surface area contributed by atoms with Crippen LogP contribution in [0.2, 0.25) is 0 Å². The van der Waals surface area contributed by atoms with Gasteiger partial charge in [-0.25, -0.2) is 4.98 Å². The summed E-state index contributed by atoms with van der Waals surface area (Å²) < 4.78 is 0. The third-order valence-electron chi connectivity index (χ3n) is 2.19. The zero-order chi connectivity index (χ0) is 10.8. The maximum absolute atomic E-state index is 10.8. The number of rotatable bonds is 4. The van der Waals surface area contributed by atoms with Crippen LogP contribution in [0.3, 0.4) is 0 Å². The SMILES string of the molecule is NC(=O)c1cnc(N2CC(NC=O)C2)s1. The van der Waals surface area contributed by atoms with Gasteiger partial charge in [0.05, 0.1) is 12.2 Å². The molecule has 1 fully saturated rings. The molecule has 1 aliphatic rings. The summed E-state index contributed by atoms with van der Waals surface area (Å²) in [5, 5.41) is 3.45. The molecule has 0 spiro atoms. The number of primary amides is 1. The quantitative estimate of drug-likeness (QED) is 0.656. The number of nitrogens with zero attached hydrogens (tertiary/aromatic N) is 2. The number of anilines is 1. The highest BCUT2D eigenvalue weighted by Gasteiger charge is 2.28. The molecule has 0 unspecified atom stereocenters. The minimum absolute atomic E-state index is 0.184. The van der Waals surface area contributed by atoms with Crippen molar-refractivity contribution in [2.75, 3.05) is 18.0 Å². The Kier molecular flexibility index (Phi) is 2.55. The van der Waals surface area contributed by atoms with E-state index in [4.69, 9.17) is 5.73 Å². The van der Waals surface area contributed by atoms with Crippen LogP contribution in [-0.4, -0.2) is 36.4 Å². The number of aromatic nitrogens is 1. The molecule has 2 amide bonds. The molecule has 0 aromatic carbocycles. The maximum atomic E-state index is 10.8. The molecular formula is C8H10N4O2S. The van der Waals surface area contributed by atoms with Crippen LogP contribution in [0.4, 0.5) is 5.13 Å². The van der Waals surface area contributed by atoms with E-state index in [2.05, 4.69) is 10.3 Å². The molecule has 1 aromatic rings. The molecule has 7 heteroatoms. The van der Waals surface area contributed by atoms with Crippen LogP contribution >= 0.6 is 11.3 Å². The Morgan fingerprint density at radius 1 is 1.73 bits per heavy atom. The van der Waals surface area contributed by atoms with Crippen molar-refractivity contribution in [3.8, 4) is 0 Å². The zero-order valence-corrected chi connectivity index (χ0v) is 8.66. The maximum Gasteiger partial charge on any atom is 0.260 e. The van der Waals surface area contributed by atoms with Gasteiger partial charge < -0.3 is 16.0 Å². The van der Waals surface area contributed by atoms with Crippen molar-refractivity contribution in [1.82, 2.24) is 10.3 Å². The molecule has 0 bridgehead atoms. The van der Waals surface area contributed by atoms with E-state index in [1.54, 1.807) is 0 Å². The molecule has 15 heavy (non-hydrogen) atoms. The lowest BCUT2D eigenvalue weighted by Gasteiger charge is -2.38. The lowest BCUT2D eigenvalue weighted by atomic mass is 10.1. The van der Waals surface area contributed by atoms with E-state index in [0.717, 1.165) is 18.2 Å². The van der Waals surface area contributed by atoms with Gasteiger partial charge in [-0.05, 0) is 0 Å². The first-order valence-electron chi connectivity index (χ1n) is 4.41. The minimum atomic E-state index is -0.457. The highest BCUT2D eigenvalue weighted by molar-refractivity contribution is 7.17. The van der Waals surface area contributed by atoms with Gasteiger partial charge in [0, 0.05) is 13.1 Å². The molecular weight excluding hydrogens is 216 g/mol. The van der Waals surface area contributed by atoms with E-state index in [0.29, 0.717) is 11.3 Å². The summed E-state index contributed by atoms with van der Waals surface area (Å²) in [4.78, 5) is 27.5. The Bertz CT molecular complexity index is 386. The number of nitrogens with two attached hydrogens (primary N) is 1. The zero-order valence-electron chi connectivity index (χ0n) is 7.84. The van der Waals surface area contributed by atoms with Crippen molar-refractivity contribution in [3.05, 3.63) is 11.1 Å². The largest absolute Gasteiger partial charge is 0.365 e. The summed E-state index contributed by atoms with van der Waals surface area (Å²) in [6.07, 6.45) is 2.17. The van der Waals surface area contributed by atoms with Crippen molar-refractivity contribution in [2.45, 2.75) is 6.04 Å². The summed E-state index contributed by atoms with van der Waals surface area (Å²) in [7, 11) is 0. The second-order valence-corrected chi connectivity index (χ2v) is 4.27. The van der Waals surface area contributed by atoms with Gasteiger partial charge in [0.1, 0.15) is 4.88 Å². The number of carbonyl (C=O) groups is 2. The molecule has 0 radical (unpaired) electrons. The molecule has 1 saturated heterocycles. The number of hydrogen-bond acceptors (Lipinski definition) is 5. The average Bonchev–Trinajstić information content (AvgIpc) is 2.59. The normalized spacial score (nSPS) is 15.9. The van der Waals surface area contributed by atoms with Gasteiger partial charge in [-0.1, -0.05) is 11.3 Å². The van der Waals surface area contributed by atoms with Crippen LogP contribution in [0, 0.1) is 0 Å². The Hall–Kier alpha value is -1.63. The Morgan fingerprint density at radius 3 is 3.00 bits per heavy atom. The van der Waals surface area contributed by atoms with Crippen molar-refractivity contribution < 1.29 is 9.59 Å². The molecule has 0 atom stereocenters. The summed E-state index contributed by atoms with van der Waals surface area (Å²) in [6.45, 7) is 1.45. The average molecular weight is 226 g/mol. The predicted octanol–water partition coefficient (Wildman–Crippen LogP) is -0.823. The first-order chi connectivity index (χ1) is 7.20. The standard InChI is InChI=1S/C8H10N4O2S/c9-7(14)6-1-10-8(15-6)12-2-5(3-12)11-4-13/h1,4-5H,2-3H2,(H2,9,14)(H,11,13).